The van der Waals surface area contributed by atoms with Crippen LogP contribution in [0.3, 0.4) is 0 Å². The molecule has 1 aromatic carbocycles. The first-order chi connectivity index (χ1) is 11.1. The van der Waals surface area contributed by atoms with Crippen molar-refractivity contribution in [3.8, 4) is 11.3 Å². The van der Waals surface area contributed by atoms with Gasteiger partial charge in [-0.25, -0.2) is 4.98 Å². The number of hydrogen-bond acceptors (Lipinski definition) is 3. The Labute approximate surface area is 145 Å². The first-order valence-electron chi connectivity index (χ1n) is 7.29. The number of fused-ring (bicyclic) bond motifs is 1. The highest BCUT2D eigenvalue weighted by molar-refractivity contribution is 9.10. The Hall–Kier alpha value is -1.99. The van der Waals surface area contributed by atoms with Crippen LogP contribution in [0.2, 0.25) is 0 Å². The zero-order valence-corrected chi connectivity index (χ0v) is 14.4. The molecular formula is C16H13BrN4OS. The summed E-state index contributed by atoms with van der Waals surface area (Å²) in [6, 6.07) is 7.90. The smallest absolute Gasteiger partial charge is 0.251 e. The van der Waals surface area contributed by atoms with Gasteiger partial charge in [-0.15, -0.1) is 0 Å². The maximum Gasteiger partial charge on any atom is 0.251 e. The second-order valence-corrected chi connectivity index (χ2v) is 6.86. The number of aromatic nitrogens is 3. The molecule has 2 N–H and O–H groups in total. The van der Waals surface area contributed by atoms with Crippen LogP contribution in [0.4, 0.5) is 0 Å². The number of nitrogens with zero attached hydrogens (tertiary/aromatic N) is 2. The number of imidazole rings is 1. The lowest BCUT2D eigenvalue weighted by atomic mass is 10.1. The summed E-state index contributed by atoms with van der Waals surface area (Å²) >= 11 is 8.69. The van der Waals surface area contributed by atoms with Crippen LogP contribution in [0.15, 0.2) is 41.3 Å². The van der Waals surface area contributed by atoms with Crippen molar-refractivity contribution in [3.63, 3.8) is 0 Å². The Kier molecular flexibility index (Phi) is 3.54. The molecule has 0 radical (unpaired) electrons. The second-order valence-electron chi connectivity index (χ2n) is 5.59. The second kappa shape index (κ2) is 5.58. The van der Waals surface area contributed by atoms with E-state index in [1.807, 2.05) is 34.9 Å². The topological polar surface area (TPSA) is 62.2 Å². The molecule has 0 atom stereocenters. The summed E-state index contributed by atoms with van der Waals surface area (Å²) in [6.45, 7) is 0. The number of carbonyl (C=O) groups is 1. The van der Waals surface area contributed by atoms with Crippen LogP contribution in [0.1, 0.15) is 23.2 Å². The third kappa shape index (κ3) is 2.82. The number of benzene rings is 1. The number of aromatic amines is 1. The van der Waals surface area contributed by atoms with Crippen molar-refractivity contribution in [2.24, 2.45) is 0 Å². The third-order valence-corrected chi connectivity index (χ3v) is 4.52. The van der Waals surface area contributed by atoms with Gasteiger partial charge in [-0.3, -0.25) is 9.20 Å². The normalized spacial score (nSPS) is 14.1. The van der Waals surface area contributed by atoms with E-state index in [0.717, 1.165) is 28.7 Å². The molecular weight excluding hydrogens is 376 g/mol. The van der Waals surface area contributed by atoms with Crippen molar-refractivity contribution < 1.29 is 4.79 Å². The highest BCUT2D eigenvalue weighted by Gasteiger charge is 2.23. The monoisotopic (exact) mass is 388 g/mol. The fourth-order valence-electron chi connectivity index (χ4n) is 2.47. The van der Waals surface area contributed by atoms with E-state index < -0.39 is 0 Å². The number of carbonyl (C=O) groups excluding carboxylic acids is 1. The van der Waals surface area contributed by atoms with Gasteiger partial charge in [-0.1, -0.05) is 24.4 Å². The molecule has 23 heavy (non-hydrogen) atoms. The fraction of sp³-hybridized carbons (Fsp3) is 0.188. The average molecular weight is 389 g/mol. The van der Waals surface area contributed by atoms with E-state index >= 15 is 0 Å². The molecule has 4 rings (SSSR count). The molecule has 0 aliphatic heterocycles. The van der Waals surface area contributed by atoms with Gasteiger partial charge in [0.05, 0.1) is 11.9 Å². The molecule has 0 bridgehead atoms. The largest absolute Gasteiger partial charge is 0.349 e. The van der Waals surface area contributed by atoms with Gasteiger partial charge in [0.15, 0.2) is 5.65 Å². The fourth-order valence-corrected chi connectivity index (χ4v) is 3.27. The van der Waals surface area contributed by atoms with Crippen LogP contribution in [0, 0.1) is 4.64 Å². The van der Waals surface area contributed by atoms with E-state index in [0.29, 0.717) is 21.9 Å². The molecule has 0 spiro atoms. The number of rotatable bonds is 3. The minimum atomic E-state index is -0.0117. The van der Waals surface area contributed by atoms with Crippen LogP contribution in [0.5, 0.6) is 0 Å². The molecule has 0 unspecified atom stereocenters. The Morgan fingerprint density at radius 1 is 1.35 bits per heavy atom. The van der Waals surface area contributed by atoms with Gasteiger partial charge in [0.25, 0.3) is 5.91 Å². The maximum atomic E-state index is 12.0. The molecule has 3 aromatic rings. The summed E-state index contributed by atoms with van der Waals surface area (Å²) in [4.78, 5) is 19.4. The molecule has 1 saturated carbocycles. The lowest BCUT2D eigenvalue weighted by molar-refractivity contribution is 0.0951. The third-order valence-electron chi connectivity index (χ3n) is 3.83. The molecule has 1 aliphatic rings. The first-order valence-corrected chi connectivity index (χ1v) is 8.49. The number of hydrogen-bond donors (Lipinski definition) is 2. The standard InChI is InChI=1S/C16H13BrN4OS/c17-13-8-21-12(7-18-14(21)16(23)20-13)9-1-3-10(4-2-9)15(22)19-11-5-6-11/h1-4,7-8,11H,5-6H2,(H,19,22)(H,20,23). The highest BCUT2D eigenvalue weighted by Crippen LogP contribution is 2.24. The van der Waals surface area contributed by atoms with Crippen molar-refractivity contribution in [2.45, 2.75) is 18.9 Å². The minimum Gasteiger partial charge on any atom is -0.349 e. The quantitative estimate of drug-likeness (QED) is 0.672. The lowest BCUT2D eigenvalue weighted by Gasteiger charge is -2.06. The van der Waals surface area contributed by atoms with Gasteiger partial charge in [-0.05, 0) is 40.9 Å². The van der Waals surface area contributed by atoms with Gasteiger partial charge in [-0.2, -0.15) is 0 Å². The molecule has 5 nitrogen and oxygen atoms in total. The number of H-pyrrole nitrogens is 1. The number of halogens is 1. The molecule has 1 aliphatic carbocycles. The van der Waals surface area contributed by atoms with Gasteiger partial charge in [0, 0.05) is 23.4 Å². The maximum absolute atomic E-state index is 12.0. The molecule has 7 heteroatoms. The number of amides is 1. The van der Waals surface area contributed by atoms with E-state index in [4.69, 9.17) is 12.2 Å². The van der Waals surface area contributed by atoms with Crippen LogP contribution >= 0.6 is 28.1 Å². The van der Waals surface area contributed by atoms with Crippen molar-refractivity contribution in [3.05, 3.63) is 51.5 Å². The summed E-state index contributed by atoms with van der Waals surface area (Å²) < 4.78 is 3.29. The first kappa shape index (κ1) is 14.6. The van der Waals surface area contributed by atoms with Crippen molar-refractivity contribution in [2.75, 3.05) is 0 Å². The molecule has 116 valence electrons. The lowest BCUT2D eigenvalue weighted by Crippen LogP contribution is -2.25. The highest BCUT2D eigenvalue weighted by atomic mass is 79.9. The van der Waals surface area contributed by atoms with Gasteiger partial charge < -0.3 is 10.3 Å². The van der Waals surface area contributed by atoms with Crippen LogP contribution in [-0.2, 0) is 0 Å². The van der Waals surface area contributed by atoms with E-state index in [2.05, 4.69) is 31.2 Å². The molecule has 2 heterocycles. The molecule has 0 saturated heterocycles. The molecule has 1 fully saturated rings. The summed E-state index contributed by atoms with van der Waals surface area (Å²) in [6.07, 6.45) is 5.84. The summed E-state index contributed by atoms with van der Waals surface area (Å²) in [5, 5.41) is 2.99. The summed E-state index contributed by atoms with van der Waals surface area (Å²) in [5.74, 6) is -0.0117. The zero-order valence-electron chi connectivity index (χ0n) is 12.0. The Bertz CT molecular complexity index is 956. The molecule has 2 aromatic heterocycles. The van der Waals surface area contributed by atoms with Crippen LogP contribution < -0.4 is 5.32 Å². The Balaban J connectivity index is 1.70. The van der Waals surface area contributed by atoms with Gasteiger partial charge >= 0.3 is 0 Å². The van der Waals surface area contributed by atoms with Gasteiger partial charge in [0.2, 0.25) is 0 Å². The van der Waals surface area contributed by atoms with Crippen molar-refractivity contribution in [1.29, 1.82) is 0 Å². The van der Waals surface area contributed by atoms with Crippen LogP contribution in [-0.4, -0.2) is 26.3 Å². The number of nitrogens with one attached hydrogen (secondary N) is 2. The van der Waals surface area contributed by atoms with Crippen molar-refractivity contribution >= 4 is 39.7 Å². The summed E-state index contributed by atoms with van der Waals surface area (Å²) in [7, 11) is 0. The predicted molar refractivity (Wildman–Crippen MR) is 94.0 cm³/mol. The van der Waals surface area contributed by atoms with Crippen LogP contribution in [0.25, 0.3) is 16.9 Å². The van der Waals surface area contributed by atoms with E-state index in [1.54, 1.807) is 6.20 Å². The minimum absolute atomic E-state index is 0.0117. The average Bonchev–Trinajstić information content (AvgIpc) is 3.24. The zero-order chi connectivity index (χ0) is 16.0. The summed E-state index contributed by atoms with van der Waals surface area (Å²) in [5.41, 5.74) is 3.28. The Morgan fingerprint density at radius 3 is 2.78 bits per heavy atom. The van der Waals surface area contributed by atoms with Gasteiger partial charge in [0.1, 0.15) is 9.24 Å². The van der Waals surface area contributed by atoms with E-state index in [-0.39, 0.29) is 5.91 Å². The van der Waals surface area contributed by atoms with Crippen molar-refractivity contribution in [1.82, 2.24) is 19.7 Å². The Morgan fingerprint density at radius 2 is 2.09 bits per heavy atom. The van der Waals surface area contributed by atoms with E-state index in [1.165, 1.54) is 0 Å². The molecule has 1 amide bonds. The SMILES string of the molecule is O=C(NC1CC1)c1ccc(-c2cnc3c(=S)[nH]c(Br)cn23)cc1. The predicted octanol–water partition coefficient (Wildman–Crippen LogP) is 3.71. The van der Waals surface area contributed by atoms with E-state index in [9.17, 15) is 4.79 Å².